The number of carbonyl (C=O) groups excluding carboxylic acids is 1. The highest BCUT2D eigenvalue weighted by Gasteiger charge is 2.37. The number of carbonyl (C=O) groups is 1. The van der Waals surface area contributed by atoms with Gasteiger partial charge in [-0.3, -0.25) is 4.79 Å². The van der Waals surface area contributed by atoms with Crippen LogP contribution in [0.25, 0.3) is 0 Å². The van der Waals surface area contributed by atoms with Crippen LogP contribution in [0.15, 0.2) is 0 Å². The van der Waals surface area contributed by atoms with Crippen molar-refractivity contribution in [2.24, 2.45) is 11.3 Å². The van der Waals surface area contributed by atoms with E-state index in [1.54, 1.807) is 6.92 Å². The van der Waals surface area contributed by atoms with Crippen LogP contribution >= 0.6 is 0 Å². The first-order valence-electron chi connectivity index (χ1n) is 6.85. The minimum Gasteiger partial charge on any atom is -0.342 e. The van der Waals surface area contributed by atoms with E-state index in [0.29, 0.717) is 5.41 Å². The fourth-order valence-electron chi connectivity index (χ4n) is 3.33. The van der Waals surface area contributed by atoms with Crippen LogP contribution in [-0.4, -0.2) is 23.9 Å². The SMILES string of the molecule is CC(C#N)C(=O)N1CCC2(CCCCC2)CC1. The summed E-state index contributed by atoms with van der Waals surface area (Å²) in [5.41, 5.74) is 0.533. The van der Waals surface area contributed by atoms with Gasteiger partial charge in [0.2, 0.25) is 5.91 Å². The maximum Gasteiger partial charge on any atom is 0.239 e. The van der Waals surface area contributed by atoms with Gasteiger partial charge in [-0.15, -0.1) is 0 Å². The zero-order chi connectivity index (χ0) is 12.3. The summed E-state index contributed by atoms with van der Waals surface area (Å²) in [5.74, 6) is -0.450. The molecule has 1 aliphatic carbocycles. The first-order chi connectivity index (χ1) is 8.17. The van der Waals surface area contributed by atoms with Gasteiger partial charge in [-0.2, -0.15) is 5.26 Å². The van der Waals surface area contributed by atoms with E-state index in [1.807, 2.05) is 11.0 Å². The lowest BCUT2D eigenvalue weighted by atomic mass is 9.68. The van der Waals surface area contributed by atoms with Crippen molar-refractivity contribution in [1.82, 2.24) is 4.90 Å². The lowest BCUT2D eigenvalue weighted by molar-refractivity contribution is -0.136. The molecule has 1 saturated heterocycles. The third-order valence-corrected chi connectivity index (χ3v) is 4.61. The average Bonchev–Trinajstić information content (AvgIpc) is 2.39. The lowest BCUT2D eigenvalue weighted by Gasteiger charge is -2.44. The summed E-state index contributed by atoms with van der Waals surface area (Å²) >= 11 is 0. The molecule has 1 heterocycles. The van der Waals surface area contributed by atoms with Crippen molar-refractivity contribution in [1.29, 1.82) is 5.26 Å². The smallest absolute Gasteiger partial charge is 0.239 e. The number of nitrogens with zero attached hydrogens (tertiary/aromatic N) is 2. The van der Waals surface area contributed by atoms with Crippen LogP contribution in [0.5, 0.6) is 0 Å². The molecule has 1 amide bonds. The molecule has 0 N–H and O–H groups in total. The third kappa shape index (κ3) is 2.62. The first-order valence-corrected chi connectivity index (χ1v) is 6.85. The topological polar surface area (TPSA) is 44.1 Å². The predicted molar refractivity (Wildman–Crippen MR) is 66.1 cm³/mol. The van der Waals surface area contributed by atoms with E-state index in [1.165, 1.54) is 32.1 Å². The highest BCUT2D eigenvalue weighted by atomic mass is 16.2. The van der Waals surface area contributed by atoms with E-state index in [4.69, 9.17) is 5.26 Å². The number of piperidine rings is 1. The largest absolute Gasteiger partial charge is 0.342 e. The van der Waals surface area contributed by atoms with Crippen LogP contribution in [0.4, 0.5) is 0 Å². The summed E-state index contributed by atoms with van der Waals surface area (Å²) in [7, 11) is 0. The number of amides is 1. The molecule has 1 saturated carbocycles. The molecule has 2 aliphatic rings. The Kier molecular flexibility index (Phi) is 3.71. The van der Waals surface area contributed by atoms with Crippen molar-refractivity contribution in [3.8, 4) is 6.07 Å². The molecule has 0 bridgehead atoms. The molecule has 1 unspecified atom stereocenters. The van der Waals surface area contributed by atoms with E-state index in [0.717, 1.165) is 25.9 Å². The molecular formula is C14H22N2O. The Hall–Kier alpha value is -1.04. The van der Waals surface area contributed by atoms with Crippen molar-refractivity contribution in [2.75, 3.05) is 13.1 Å². The minimum atomic E-state index is -0.476. The van der Waals surface area contributed by atoms with Gasteiger partial charge in [-0.25, -0.2) is 0 Å². The number of hydrogen-bond donors (Lipinski definition) is 0. The van der Waals surface area contributed by atoms with Gasteiger partial charge in [-0.1, -0.05) is 19.3 Å². The van der Waals surface area contributed by atoms with Gasteiger partial charge in [0, 0.05) is 13.1 Å². The average molecular weight is 234 g/mol. The summed E-state index contributed by atoms with van der Waals surface area (Å²) in [6.45, 7) is 3.43. The van der Waals surface area contributed by atoms with Gasteiger partial charge >= 0.3 is 0 Å². The molecule has 17 heavy (non-hydrogen) atoms. The highest BCUT2D eigenvalue weighted by molar-refractivity contribution is 5.80. The minimum absolute atomic E-state index is 0.0261. The summed E-state index contributed by atoms with van der Waals surface area (Å²) in [6.07, 6.45) is 9.11. The Bertz CT molecular complexity index is 316. The van der Waals surface area contributed by atoms with Crippen LogP contribution < -0.4 is 0 Å². The van der Waals surface area contributed by atoms with Gasteiger partial charge in [0.1, 0.15) is 5.92 Å². The van der Waals surface area contributed by atoms with Crippen LogP contribution in [0, 0.1) is 22.7 Å². The molecule has 0 radical (unpaired) electrons. The fourth-order valence-corrected chi connectivity index (χ4v) is 3.33. The van der Waals surface area contributed by atoms with Crippen LogP contribution in [0.2, 0.25) is 0 Å². The summed E-state index contributed by atoms with van der Waals surface area (Å²) < 4.78 is 0. The second-order valence-electron chi connectivity index (χ2n) is 5.74. The Morgan fingerprint density at radius 2 is 1.76 bits per heavy atom. The normalized spacial score (nSPS) is 25.3. The third-order valence-electron chi connectivity index (χ3n) is 4.61. The molecule has 2 fully saturated rings. The fraction of sp³-hybridized carbons (Fsp3) is 0.857. The van der Waals surface area contributed by atoms with Crippen molar-refractivity contribution in [3.63, 3.8) is 0 Å². The van der Waals surface area contributed by atoms with Crippen LogP contribution in [-0.2, 0) is 4.79 Å². The molecule has 2 rings (SSSR count). The van der Waals surface area contributed by atoms with Crippen molar-refractivity contribution >= 4 is 5.91 Å². The zero-order valence-corrected chi connectivity index (χ0v) is 10.7. The number of hydrogen-bond acceptors (Lipinski definition) is 2. The molecule has 0 aromatic heterocycles. The molecule has 1 aliphatic heterocycles. The van der Waals surface area contributed by atoms with E-state index in [-0.39, 0.29) is 5.91 Å². The van der Waals surface area contributed by atoms with E-state index >= 15 is 0 Å². The van der Waals surface area contributed by atoms with Gasteiger partial charge < -0.3 is 4.90 Å². The second-order valence-corrected chi connectivity index (χ2v) is 5.74. The lowest BCUT2D eigenvalue weighted by Crippen LogP contribution is -2.45. The zero-order valence-electron chi connectivity index (χ0n) is 10.7. The molecule has 1 spiro atoms. The summed E-state index contributed by atoms with van der Waals surface area (Å²) in [6, 6.07) is 2.04. The number of nitriles is 1. The quantitative estimate of drug-likeness (QED) is 0.700. The summed E-state index contributed by atoms with van der Waals surface area (Å²) in [4.78, 5) is 13.8. The Morgan fingerprint density at radius 3 is 2.29 bits per heavy atom. The van der Waals surface area contributed by atoms with E-state index in [9.17, 15) is 4.79 Å². The second kappa shape index (κ2) is 5.08. The van der Waals surface area contributed by atoms with E-state index < -0.39 is 5.92 Å². The Morgan fingerprint density at radius 1 is 1.18 bits per heavy atom. The first kappa shape index (κ1) is 12.4. The molecule has 0 aromatic rings. The number of rotatable bonds is 1. The standard InChI is InChI=1S/C14H22N2O/c1-12(11-15)13(17)16-9-7-14(8-10-16)5-3-2-4-6-14/h12H,2-10H2,1H3. The van der Waals surface area contributed by atoms with Gasteiger partial charge in [0.15, 0.2) is 0 Å². The molecule has 3 nitrogen and oxygen atoms in total. The van der Waals surface area contributed by atoms with Gasteiger partial charge in [-0.05, 0) is 38.0 Å². The number of likely N-dealkylation sites (tertiary alicyclic amines) is 1. The predicted octanol–water partition coefficient (Wildman–Crippen LogP) is 2.72. The molecule has 94 valence electrons. The Balaban J connectivity index is 1.89. The highest BCUT2D eigenvalue weighted by Crippen LogP contribution is 2.44. The summed E-state index contributed by atoms with van der Waals surface area (Å²) in [5, 5.41) is 8.78. The van der Waals surface area contributed by atoms with Crippen molar-refractivity contribution < 1.29 is 4.79 Å². The van der Waals surface area contributed by atoms with Crippen molar-refractivity contribution in [2.45, 2.75) is 51.9 Å². The Labute approximate surface area is 104 Å². The monoisotopic (exact) mass is 234 g/mol. The van der Waals surface area contributed by atoms with Gasteiger partial charge in [0.05, 0.1) is 6.07 Å². The molecule has 3 heteroatoms. The van der Waals surface area contributed by atoms with Crippen LogP contribution in [0.3, 0.4) is 0 Å². The molecule has 0 aromatic carbocycles. The molecule has 1 atom stereocenters. The van der Waals surface area contributed by atoms with Crippen molar-refractivity contribution in [3.05, 3.63) is 0 Å². The van der Waals surface area contributed by atoms with E-state index in [2.05, 4.69) is 0 Å². The van der Waals surface area contributed by atoms with Crippen LogP contribution in [0.1, 0.15) is 51.9 Å². The maximum absolute atomic E-state index is 11.9. The maximum atomic E-state index is 11.9. The van der Waals surface area contributed by atoms with Gasteiger partial charge in [0.25, 0.3) is 0 Å². The molecular weight excluding hydrogens is 212 g/mol.